The van der Waals surface area contributed by atoms with Crippen LogP contribution in [-0.2, 0) is 12.7 Å². The third-order valence-corrected chi connectivity index (χ3v) is 5.06. The van der Waals surface area contributed by atoms with Gasteiger partial charge in [-0.25, -0.2) is 9.67 Å². The van der Waals surface area contributed by atoms with E-state index in [1.165, 1.54) is 4.68 Å². The maximum atomic E-state index is 12.7. The molecule has 0 aliphatic heterocycles. The number of hydrogen-bond donors (Lipinski definition) is 2. The summed E-state index contributed by atoms with van der Waals surface area (Å²) in [6, 6.07) is 11.3. The fraction of sp³-hybridized carbons (Fsp3) is 0.217. The van der Waals surface area contributed by atoms with E-state index in [1.54, 1.807) is 6.92 Å². The van der Waals surface area contributed by atoms with Crippen molar-refractivity contribution in [3.05, 3.63) is 71.2 Å². The van der Waals surface area contributed by atoms with Crippen LogP contribution < -0.4 is 15.8 Å². The number of anilines is 2. The molecule has 0 radical (unpaired) electrons. The van der Waals surface area contributed by atoms with Crippen LogP contribution in [0.5, 0.6) is 5.75 Å². The number of alkyl halides is 3. The van der Waals surface area contributed by atoms with E-state index in [4.69, 9.17) is 14.9 Å². The maximum absolute atomic E-state index is 12.7. The number of nitrogens with one attached hydrogen (secondary N) is 1. The molecule has 0 saturated heterocycles. The third-order valence-electron chi connectivity index (χ3n) is 5.06. The van der Waals surface area contributed by atoms with Gasteiger partial charge in [0.15, 0.2) is 11.5 Å². The molecule has 2 heterocycles. The summed E-state index contributed by atoms with van der Waals surface area (Å²) in [5.74, 6) is 0.941. The first-order chi connectivity index (χ1) is 16.7. The Bertz CT molecular complexity index is 1330. The van der Waals surface area contributed by atoms with E-state index in [1.807, 2.05) is 31.2 Å². The quantitative estimate of drug-likeness (QED) is 0.393. The van der Waals surface area contributed by atoms with Gasteiger partial charge in [-0.15, -0.1) is 5.10 Å². The minimum absolute atomic E-state index is 0.0283. The highest BCUT2D eigenvalue weighted by atomic mass is 19.4. The molecule has 182 valence electrons. The molecule has 0 aliphatic rings. The van der Waals surface area contributed by atoms with Crippen molar-refractivity contribution in [1.29, 1.82) is 0 Å². The summed E-state index contributed by atoms with van der Waals surface area (Å²) in [6.07, 6.45) is -4.47. The van der Waals surface area contributed by atoms with Crippen molar-refractivity contribution in [2.75, 3.05) is 17.7 Å². The van der Waals surface area contributed by atoms with Gasteiger partial charge in [0.1, 0.15) is 17.2 Å². The largest absolute Gasteiger partial charge is 0.494 e. The zero-order valence-corrected chi connectivity index (χ0v) is 18.8. The van der Waals surface area contributed by atoms with Crippen molar-refractivity contribution in [3.63, 3.8) is 0 Å². The molecule has 0 aliphatic carbocycles. The van der Waals surface area contributed by atoms with Gasteiger partial charge >= 0.3 is 6.18 Å². The Labute approximate surface area is 197 Å². The summed E-state index contributed by atoms with van der Waals surface area (Å²) in [5, 5.41) is 10.2. The summed E-state index contributed by atoms with van der Waals surface area (Å²) in [5.41, 5.74) is 6.52. The van der Waals surface area contributed by atoms with Crippen LogP contribution in [0.15, 0.2) is 52.9 Å². The molecule has 35 heavy (non-hydrogen) atoms. The first-order valence-electron chi connectivity index (χ1n) is 10.5. The van der Waals surface area contributed by atoms with Gasteiger partial charge in [-0.3, -0.25) is 4.79 Å². The summed E-state index contributed by atoms with van der Waals surface area (Å²) in [7, 11) is 0. The lowest BCUT2D eigenvalue weighted by Gasteiger charge is -2.08. The van der Waals surface area contributed by atoms with Crippen molar-refractivity contribution in [3.8, 4) is 17.2 Å². The van der Waals surface area contributed by atoms with Gasteiger partial charge < -0.3 is 20.2 Å². The van der Waals surface area contributed by atoms with Crippen LogP contribution in [0.1, 0.15) is 34.4 Å². The zero-order valence-electron chi connectivity index (χ0n) is 18.8. The average Bonchev–Trinajstić information content (AvgIpc) is 3.37. The lowest BCUT2D eigenvalue weighted by atomic mass is 10.2. The number of oxazole rings is 1. The SMILES string of the molecule is CCOc1ccc(-c2nc(Cn3nnc(C(=O)Nc4ccc(C(F)(F)F)cc4)c3N)c(C)o2)cc1. The predicted octanol–water partition coefficient (Wildman–Crippen LogP) is 4.54. The summed E-state index contributed by atoms with van der Waals surface area (Å²) in [6.45, 7) is 4.30. The Kier molecular flexibility index (Phi) is 6.45. The molecule has 0 saturated carbocycles. The Balaban J connectivity index is 1.47. The molecule has 0 fully saturated rings. The summed E-state index contributed by atoms with van der Waals surface area (Å²) < 4.78 is 50.6. The average molecular weight is 486 g/mol. The zero-order chi connectivity index (χ0) is 25.2. The van der Waals surface area contributed by atoms with E-state index in [0.29, 0.717) is 24.0 Å². The molecular weight excluding hydrogens is 465 g/mol. The number of amides is 1. The standard InChI is InChI=1S/C23H21F3N6O3/c1-3-34-17-10-4-14(5-11-17)22-29-18(13(2)35-22)12-32-20(27)19(30-31-32)21(33)28-16-8-6-15(7-9-16)23(24,25)26/h4-11H,3,12,27H2,1-2H3,(H,28,33). The highest BCUT2D eigenvalue weighted by Crippen LogP contribution is 2.30. The number of rotatable bonds is 7. The first kappa shape index (κ1) is 23.8. The molecule has 4 rings (SSSR count). The molecule has 0 bridgehead atoms. The monoisotopic (exact) mass is 486 g/mol. The number of halogens is 3. The van der Waals surface area contributed by atoms with E-state index in [0.717, 1.165) is 35.6 Å². The molecule has 3 N–H and O–H groups in total. The molecule has 2 aromatic carbocycles. The van der Waals surface area contributed by atoms with Crippen LogP contribution in [-0.4, -0.2) is 32.5 Å². The number of nitrogens with zero attached hydrogens (tertiary/aromatic N) is 4. The van der Waals surface area contributed by atoms with Gasteiger partial charge in [-0.2, -0.15) is 13.2 Å². The Morgan fingerprint density at radius 3 is 2.46 bits per heavy atom. The van der Waals surface area contributed by atoms with E-state index in [-0.39, 0.29) is 23.7 Å². The minimum atomic E-state index is -4.47. The van der Waals surface area contributed by atoms with Crippen molar-refractivity contribution in [1.82, 2.24) is 20.0 Å². The van der Waals surface area contributed by atoms with Gasteiger partial charge in [0.25, 0.3) is 5.91 Å². The number of hydrogen-bond acceptors (Lipinski definition) is 7. The van der Waals surface area contributed by atoms with Crippen LogP contribution in [0.3, 0.4) is 0 Å². The minimum Gasteiger partial charge on any atom is -0.494 e. The predicted molar refractivity (Wildman–Crippen MR) is 121 cm³/mol. The topological polar surface area (TPSA) is 121 Å². The molecule has 2 aromatic heterocycles. The van der Waals surface area contributed by atoms with Gasteiger partial charge in [0, 0.05) is 11.3 Å². The molecule has 0 unspecified atom stereocenters. The van der Waals surface area contributed by atoms with E-state index < -0.39 is 17.6 Å². The Hall–Kier alpha value is -4.35. The molecule has 0 spiro atoms. The Morgan fingerprint density at radius 2 is 1.83 bits per heavy atom. The number of carbonyl (C=O) groups is 1. The van der Waals surface area contributed by atoms with Crippen LogP contribution in [0.4, 0.5) is 24.7 Å². The van der Waals surface area contributed by atoms with Crippen molar-refractivity contribution >= 4 is 17.4 Å². The van der Waals surface area contributed by atoms with Crippen molar-refractivity contribution in [2.45, 2.75) is 26.6 Å². The number of carbonyl (C=O) groups excluding carboxylic acids is 1. The first-order valence-corrected chi connectivity index (χ1v) is 10.5. The van der Waals surface area contributed by atoms with Crippen LogP contribution in [0, 0.1) is 6.92 Å². The second-order valence-corrected chi connectivity index (χ2v) is 7.49. The van der Waals surface area contributed by atoms with Gasteiger partial charge in [-0.05, 0) is 62.4 Å². The third kappa shape index (κ3) is 5.26. The lowest BCUT2D eigenvalue weighted by Crippen LogP contribution is -2.15. The maximum Gasteiger partial charge on any atom is 0.416 e. The smallest absolute Gasteiger partial charge is 0.416 e. The van der Waals surface area contributed by atoms with Gasteiger partial charge in [-0.1, -0.05) is 5.21 Å². The molecule has 1 amide bonds. The number of aryl methyl sites for hydroxylation is 1. The van der Waals surface area contributed by atoms with E-state index >= 15 is 0 Å². The fourth-order valence-corrected chi connectivity index (χ4v) is 3.23. The number of nitrogen functional groups attached to an aromatic ring is 1. The van der Waals surface area contributed by atoms with Crippen LogP contribution in [0.2, 0.25) is 0 Å². The van der Waals surface area contributed by atoms with Crippen LogP contribution in [0.25, 0.3) is 11.5 Å². The molecule has 9 nitrogen and oxygen atoms in total. The highest BCUT2D eigenvalue weighted by molar-refractivity contribution is 6.05. The van der Waals surface area contributed by atoms with Gasteiger partial charge in [0.05, 0.1) is 18.7 Å². The second kappa shape index (κ2) is 9.49. The van der Waals surface area contributed by atoms with Crippen molar-refractivity contribution in [2.24, 2.45) is 0 Å². The number of benzene rings is 2. The van der Waals surface area contributed by atoms with Gasteiger partial charge in [0.2, 0.25) is 5.89 Å². The number of ether oxygens (including phenoxy) is 1. The van der Waals surface area contributed by atoms with E-state index in [2.05, 4.69) is 20.6 Å². The number of aromatic nitrogens is 4. The highest BCUT2D eigenvalue weighted by Gasteiger charge is 2.30. The molecule has 12 heteroatoms. The molecular formula is C23H21F3N6O3. The van der Waals surface area contributed by atoms with Crippen LogP contribution >= 0.6 is 0 Å². The fourth-order valence-electron chi connectivity index (χ4n) is 3.23. The second-order valence-electron chi connectivity index (χ2n) is 7.49. The summed E-state index contributed by atoms with van der Waals surface area (Å²) in [4.78, 5) is 17.0. The molecule has 0 atom stereocenters. The number of nitrogens with two attached hydrogens (primary N) is 1. The lowest BCUT2D eigenvalue weighted by molar-refractivity contribution is -0.137. The van der Waals surface area contributed by atoms with E-state index in [9.17, 15) is 18.0 Å². The van der Waals surface area contributed by atoms with Crippen molar-refractivity contribution < 1.29 is 27.1 Å². The molecule has 4 aromatic rings. The normalized spacial score (nSPS) is 11.5. The Morgan fingerprint density at radius 1 is 1.14 bits per heavy atom. The summed E-state index contributed by atoms with van der Waals surface area (Å²) >= 11 is 0.